The summed E-state index contributed by atoms with van der Waals surface area (Å²) in [5.74, 6) is 1.73. The van der Waals surface area contributed by atoms with Gasteiger partial charge >= 0.3 is 5.97 Å². The Balaban J connectivity index is 2.33. The molecule has 0 bridgehead atoms. The van der Waals surface area contributed by atoms with Gasteiger partial charge in [0.15, 0.2) is 0 Å². The lowest BCUT2D eigenvalue weighted by Crippen LogP contribution is -2.41. The normalized spacial score (nSPS) is 23.4. The van der Waals surface area contributed by atoms with Crippen LogP contribution >= 0.6 is 27.7 Å². The smallest absolute Gasteiger partial charge is 0.317 e. The van der Waals surface area contributed by atoms with Crippen molar-refractivity contribution >= 4 is 33.7 Å². The van der Waals surface area contributed by atoms with Gasteiger partial charge in [0.2, 0.25) is 0 Å². The second kappa shape index (κ2) is 5.49. The van der Waals surface area contributed by atoms with Crippen LogP contribution in [0, 0.1) is 0 Å². The largest absolute Gasteiger partial charge is 0.459 e. The zero-order valence-corrected chi connectivity index (χ0v) is 13.9. The highest BCUT2D eigenvalue weighted by atomic mass is 79.9. The quantitative estimate of drug-likeness (QED) is 0.754. The number of hydrogen-bond acceptors (Lipinski definition) is 3. The van der Waals surface area contributed by atoms with Gasteiger partial charge in [0.05, 0.1) is 0 Å². The molecule has 2 rings (SSSR count). The van der Waals surface area contributed by atoms with E-state index in [1.54, 1.807) is 0 Å². The fraction of sp³-hybridized carbons (Fsp3) is 0.533. The zero-order chi connectivity index (χ0) is 14.1. The molecule has 0 aromatic heterocycles. The van der Waals surface area contributed by atoms with E-state index in [0.29, 0.717) is 0 Å². The average Bonchev–Trinajstić information content (AvgIpc) is 2.78. The maximum Gasteiger partial charge on any atom is 0.317 e. The number of rotatable bonds is 2. The first-order chi connectivity index (χ1) is 8.83. The molecule has 1 aromatic rings. The second-order valence-corrected chi connectivity index (χ2v) is 7.91. The summed E-state index contributed by atoms with van der Waals surface area (Å²) in [5, 5.41) is 0. The first kappa shape index (κ1) is 14.9. The molecule has 0 saturated carbocycles. The second-order valence-electron chi connectivity index (χ2n) is 5.89. The van der Waals surface area contributed by atoms with Crippen LogP contribution in [0.2, 0.25) is 0 Å². The number of esters is 1. The third-order valence-electron chi connectivity index (χ3n) is 3.21. The molecule has 1 aromatic carbocycles. The number of ether oxygens (including phenoxy) is 1. The number of carbonyl (C=O) groups is 1. The topological polar surface area (TPSA) is 26.3 Å². The van der Waals surface area contributed by atoms with E-state index in [1.807, 2.05) is 56.8 Å². The zero-order valence-electron chi connectivity index (χ0n) is 11.5. The van der Waals surface area contributed by atoms with Crippen LogP contribution in [0.25, 0.3) is 0 Å². The molecule has 1 fully saturated rings. The summed E-state index contributed by atoms with van der Waals surface area (Å²) >= 11 is 5.26. The van der Waals surface area contributed by atoms with Gasteiger partial charge in [0.25, 0.3) is 0 Å². The molecular formula is C15H19BrO2S. The molecule has 2 nitrogen and oxygen atoms in total. The molecule has 0 amide bonds. The van der Waals surface area contributed by atoms with Gasteiger partial charge in [-0.05, 0) is 50.6 Å². The van der Waals surface area contributed by atoms with Crippen LogP contribution in [0.3, 0.4) is 0 Å². The lowest BCUT2D eigenvalue weighted by Gasteiger charge is -2.31. The van der Waals surface area contributed by atoms with E-state index < -0.39 is 11.0 Å². The van der Waals surface area contributed by atoms with Crippen LogP contribution in [0.4, 0.5) is 0 Å². The van der Waals surface area contributed by atoms with Gasteiger partial charge < -0.3 is 4.74 Å². The molecule has 104 valence electrons. The molecule has 1 heterocycles. The molecule has 1 unspecified atom stereocenters. The minimum absolute atomic E-state index is 0.0904. The van der Waals surface area contributed by atoms with E-state index in [0.717, 1.165) is 28.0 Å². The number of hydrogen-bond donors (Lipinski definition) is 0. The van der Waals surface area contributed by atoms with E-state index in [1.165, 1.54) is 0 Å². The van der Waals surface area contributed by atoms with Crippen molar-refractivity contribution in [2.45, 2.75) is 38.2 Å². The van der Waals surface area contributed by atoms with Crippen LogP contribution in [-0.4, -0.2) is 23.1 Å². The number of halogens is 1. The molecule has 1 atom stereocenters. The summed E-state index contributed by atoms with van der Waals surface area (Å²) in [4.78, 5) is 12.6. The Morgan fingerprint density at radius 2 is 1.95 bits per heavy atom. The summed E-state index contributed by atoms with van der Waals surface area (Å²) in [6, 6.07) is 8.04. The predicted octanol–water partition coefficient (Wildman–Crippen LogP) is 4.17. The third-order valence-corrected chi connectivity index (χ3v) is 4.93. The maximum atomic E-state index is 12.6. The first-order valence-corrected chi connectivity index (χ1v) is 8.35. The molecule has 0 aliphatic carbocycles. The first-order valence-electron chi connectivity index (χ1n) is 6.41. The highest BCUT2D eigenvalue weighted by Gasteiger charge is 2.45. The van der Waals surface area contributed by atoms with E-state index >= 15 is 0 Å². The van der Waals surface area contributed by atoms with E-state index in [9.17, 15) is 4.79 Å². The summed E-state index contributed by atoms with van der Waals surface area (Å²) in [6.07, 6.45) is 0.855. The van der Waals surface area contributed by atoms with Gasteiger partial charge in [-0.1, -0.05) is 28.1 Å². The van der Waals surface area contributed by atoms with Gasteiger partial charge in [-0.3, -0.25) is 4.79 Å². The van der Waals surface area contributed by atoms with Crippen LogP contribution in [0.5, 0.6) is 0 Å². The summed E-state index contributed by atoms with van der Waals surface area (Å²) in [5.41, 5.74) is 0.153. The lowest BCUT2D eigenvalue weighted by molar-refractivity contribution is -0.161. The molecule has 1 aliphatic heterocycles. The van der Waals surface area contributed by atoms with Crippen molar-refractivity contribution in [3.05, 3.63) is 34.3 Å². The third kappa shape index (κ3) is 3.34. The fourth-order valence-corrected chi connectivity index (χ4v) is 3.89. The molecule has 1 saturated heterocycles. The van der Waals surface area contributed by atoms with Gasteiger partial charge in [0.1, 0.15) is 11.0 Å². The predicted molar refractivity (Wildman–Crippen MR) is 83.6 cm³/mol. The molecule has 0 radical (unpaired) electrons. The minimum Gasteiger partial charge on any atom is -0.459 e. The van der Waals surface area contributed by atoms with E-state index in [-0.39, 0.29) is 5.97 Å². The number of benzene rings is 1. The highest BCUT2D eigenvalue weighted by Crippen LogP contribution is 2.41. The van der Waals surface area contributed by atoms with Gasteiger partial charge in [-0.25, -0.2) is 0 Å². The Morgan fingerprint density at radius 3 is 2.42 bits per heavy atom. The van der Waals surface area contributed by atoms with Crippen molar-refractivity contribution in [3.63, 3.8) is 0 Å². The Bertz CT molecular complexity index is 456. The summed E-state index contributed by atoms with van der Waals surface area (Å²) in [6.45, 7) is 5.76. The molecule has 0 spiro atoms. The molecule has 19 heavy (non-hydrogen) atoms. The Hall–Kier alpha value is -0.480. The van der Waals surface area contributed by atoms with Gasteiger partial charge in [0, 0.05) is 10.2 Å². The van der Waals surface area contributed by atoms with Gasteiger partial charge in [-0.2, -0.15) is 11.8 Å². The van der Waals surface area contributed by atoms with Crippen LogP contribution in [-0.2, 0) is 14.9 Å². The van der Waals surface area contributed by atoms with Crippen molar-refractivity contribution in [1.29, 1.82) is 0 Å². The van der Waals surface area contributed by atoms with Crippen LogP contribution in [0.1, 0.15) is 32.8 Å². The van der Waals surface area contributed by atoms with Crippen LogP contribution in [0.15, 0.2) is 28.7 Å². The Morgan fingerprint density at radius 1 is 1.32 bits per heavy atom. The number of thioether (sulfide) groups is 1. The van der Waals surface area contributed by atoms with Crippen LogP contribution < -0.4 is 0 Å². The minimum atomic E-state index is -0.474. The van der Waals surface area contributed by atoms with Crippen molar-refractivity contribution < 1.29 is 9.53 Å². The van der Waals surface area contributed by atoms with Crippen molar-refractivity contribution in [2.24, 2.45) is 0 Å². The van der Waals surface area contributed by atoms with E-state index in [4.69, 9.17) is 4.74 Å². The monoisotopic (exact) mass is 342 g/mol. The molecular weight excluding hydrogens is 324 g/mol. The average molecular weight is 343 g/mol. The van der Waals surface area contributed by atoms with Crippen molar-refractivity contribution in [3.8, 4) is 0 Å². The maximum absolute atomic E-state index is 12.6. The van der Waals surface area contributed by atoms with Crippen molar-refractivity contribution in [1.82, 2.24) is 0 Å². The molecule has 0 N–H and O–H groups in total. The lowest BCUT2D eigenvalue weighted by atomic mass is 9.80. The van der Waals surface area contributed by atoms with Crippen molar-refractivity contribution in [2.75, 3.05) is 11.5 Å². The Kier molecular flexibility index (Phi) is 4.31. The highest BCUT2D eigenvalue weighted by molar-refractivity contribution is 9.10. The van der Waals surface area contributed by atoms with Gasteiger partial charge in [-0.15, -0.1) is 0 Å². The summed E-state index contributed by atoms with van der Waals surface area (Å²) in [7, 11) is 0. The summed E-state index contributed by atoms with van der Waals surface area (Å²) < 4.78 is 6.67. The SMILES string of the molecule is CC(C)(C)OC(=O)C1(c2ccc(Br)cc2)CCSC1. The molecule has 1 aliphatic rings. The van der Waals surface area contributed by atoms with E-state index in [2.05, 4.69) is 15.9 Å². The fourth-order valence-electron chi connectivity index (χ4n) is 2.22. The number of carbonyl (C=O) groups excluding carboxylic acids is 1. The Labute approximate surface area is 127 Å². The molecule has 4 heteroatoms. The standard InChI is InChI=1S/C15H19BrO2S/c1-14(2,3)18-13(17)15(8-9-19-10-15)11-4-6-12(16)7-5-11/h4-7H,8-10H2,1-3H3.